The molecule has 5 nitrogen and oxygen atoms in total. The number of hydrogen-bond donors (Lipinski definition) is 3. The van der Waals surface area contributed by atoms with Crippen molar-refractivity contribution in [2.24, 2.45) is 0 Å². The highest BCUT2D eigenvalue weighted by molar-refractivity contribution is 9.10. The molecule has 0 unspecified atom stereocenters. The third-order valence-electron chi connectivity index (χ3n) is 1.89. The van der Waals surface area contributed by atoms with Gasteiger partial charge in [-0.25, -0.2) is 4.79 Å². The quantitative estimate of drug-likeness (QED) is 0.741. The van der Waals surface area contributed by atoms with Crippen LogP contribution in [0.15, 0.2) is 28.7 Å². The van der Waals surface area contributed by atoms with Crippen LogP contribution in [0.25, 0.3) is 0 Å². The SMILES string of the molecule is CC(=O)NCCNC(=O)Nc1ccc(Br)cc1. The summed E-state index contributed by atoms with van der Waals surface area (Å²) in [6.45, 7) is 2.24. The molecular weight excluding hydrogens is 286 g/mol. The maximum absolute atomic E-state index is 11.4. The first-order valence-corrected chi connectivity index (χ1v) is 5.92. The van der Waals surface area contributed by atoms with E-state index in [9.17, 15) is 9.59 Å². The van der Waals surface area contributed by atoms with Crippen molar-refractivity contribution in [1.29, 1.82) is 0 Å². The van der Waals surface area contributed by atoms with Gasteiger partial charge in [0.2, 0.25) is 5.91 Å². The van der Waals surface area contributed by atoms with E-state index in [2.05, 4.69) is 31.9 Å². The lowest BCUT2D eigenvalue weighted by Gasteiger charge is -2.07. The van der Waals surface area contributed by atoms with Crippen LogP contribution in [0, 0.1) is 0 Å². The number of rotatable bonds is 4. The largest absolute Gasteiger partial charge is 0.355 e. The van der Waals surface area contributed by atoms with Gasteiger partial charge in [0.15, 0.2) is 0 Å². The second-order valence-corrected chi connectivity index (χ2v) is 4.29. The van der Waals surface area contributed by atoms with Gasteiger partial charge < -0.3 is 16.0 Å². The number of amides is 3. The Morgan fingerprint density at radius 2 is 1.71 bits per heavy atom. The van der Waals surface area contributed by atoms with Crippen LogP contribution in [0.3, 0.4) is 0 Å². The lowest BCUT2D eigenvalue weighted by atomic mass is 10.3. The molecule has 1 rings (SSSR count). The van der Waals surface area contributed by atoms with Crippen molar-refractivity contribution >= 4 is 33.6 Å². The molecule has 0 atom stereocenters. The van der Waals surface area contributed by atoms with Gasteiger partial charge in [-0.2, -0.15) is 0 Å². The molecule has 0 aliphatic rings. The Kier molecular flexibility index (Phi) is 5.48. The van der Waals surface area contributed by atoms with Crippen molar-refractivity contribution in [2.45, 2.75) is 6.92 Å². The molecular formula is C11H14BrN3O2. The van der Waals surface area contributed by atoms with Crippen molar-refractivity contribution in [3.05, 3.63) is 28.7 Å². The minimum Gasteiger partial charge on any atom is -0.355 e. The number of carbonyl (C=O) groups is 2. The summed E-state index contributed by atoms with van der Waals surface area (Å²) in [7, 11) is 0. The van der Waals surface area contributed by atoms with Crippen molar-refractivity contribution in [1.82, 2.24) is 10.6 Å². The number of anilines is 1. The summed E-state index contributed by atoms with van der Waals surface area (Å²) in [4.78, 5) is 22.0. The number of benzene rings is 1. The van der Waals surface area contributed by atoms with Gasteiger partial charge in [-0.05, 0) is 24.3 Å². The van der Waals surface area contributed by atoms with Crippen LogP contribution in [-0.2, 0) is 4.79 Å². The van der Waals surface area contributed by atoms with Gasteiger partial charge in [0.05, 0.1) is 0 Å². The van der Waals surface area contributed by atoms with Crippen LogP contribution in [-0.4, -0.2) is 25.0 Å². The van der Waals surface area contributed by atoms with Gasteiger partial charge in [-0.15, -0.1) is 0 Å². The number of nitrogens with one attached hydrogen (secondary N) is 3. The van der Waals surface area contributed by atoms with Gasteiger partial charge in [-0.3, -0.25) is 4.79 Å². The van der Waals surface area contributed by atoms with Crippen molar-refractivity contribution < 1.29 is 9.59 Å². The monoisotopic (exact) mass is 299 g/mol. The van der Waals surface area contributed by atoms with Gasteiger partial charge in [0.25, 0.3) is 0 Å². The molecule has 0 heterocycles. The highest BCUT2D eigenvalue weighted by Gasteiger charge is 2.00. The molecule has 0 aliphatic heterocycles. The fourth-order valence-electron chi connectivity index (χ4n) is 1.12. The Morgan fingerprint density at radius 3 is 2.29 bits per heavy atom. The predicted octanol–water partition coefficient (Wildman–Crippen LogP) is 1.71. The van der Waals surface area contributed by atoms with Gasteiger partial charge in [0, 0.05) is 30.2 Å². The van der Waals surface area contributed by atoms with Crippen molar-refractivity contribution in [3.63, 3.8) is 0 Å². The fourth-order valence-corrected chi connectivity index (χ4v) is 1.39. The van der Waals surface area contributed by atoms with Crippen molar-refractivity contribution in [3.8, 4) is 0 Å². The van der Waals surface area contributed by atoms with Gasteiger partial charge >= 0.3 is 6.03 Å². The summed E-state index contributed by atoms with van der Waals surface area (Å²) < 4.78 is 0.953. The summed E-state index contributed by atoms with van der Waals surface area (Å²) in [5.74, 6) is -0.111. The third kappa shape index (κ3) is 5.91. The molecule has 1 aromatic rings. The smallest absolute Gasteiger partial charge is 0.319 e. The Bertz CT molecular complexity index is 392. The maximum Gasteiger partial charge on any atom is 0.319 e. The highest BCUT2D eigenvalue weighted by atomic mass is 79.9. The molecule has 0 fully saturated rings. The molecule has 0 spiro atoms. The first-order chi connectivity index (χ1) is 8.08. The van der Waals surface area contributed by atoms with E-state index in [0.29, 0.717) is 18.8 Å². The first-order valence-electron chi connectivity index (χ1n) is 5.13. The second-order valence-electron chi connectivity index (χ2n) is 3.37. The fraction of sp³-hybridized carbons (Fsp3) is 0.273. The van der Waals surface area contributed by atoms with Crippen LogP contribution >= 0.6 is 15.9 Å². The standard InChI is InChI=1S/C11H14BrN3O2/c1-8(16)13-6-7-14-11(17)15-10-4-2-9(12)3-5-10/h2-5H,6-7H2,1H3,(H,13,16)(H2,14,15,17). The summed E-state index contributed by atoms with van der Waals surface area (Å²) >= 11 is 3.31. The molecule has 17 heavy (non-hydrogen) atoms. The predicted molar refractivity (Wildman–Crippen MR) is 69.8 cm³/mol. The number of hydrogen-bond acceptors (Lipinski definition) is 2. The minimum absolute atomic E-state index is 0.111. The summed E-state index contributed by atoms with van der Waals surface area (Å²) in [5, 5.41) is 7.88. The summed E-state index contributed by atoms with van der Waals surface area (Å²) in [6, 6.07) is 6.96. The summed E-state index contributed by atoms with van der Waals surface area (Å²) in [6.07, 6.45) is 0. The van der Waals surface area contributed by atoms with E-state index in [-0.39, 0.29) is 11.9 Å². The molecule has 92 valence electrons. The lowest BCUT2D eigenvalue weighted by molar-refractivity contribution is -0.118. The molecule has 0 saturated carbocycles. The Morgan fingerprint density at radius 1 is 1.12 bits per heavy atom. The molecule has 0 saturated heterocycles. The summed E-state index contributed by atoms with van der Waals surface area (Å²) in [5.41, 5.74) is 0.713. The molecule has 3 amide bonds. The van der Waals surface area contributed by atoms with E-state index in [4.69, 9.17) is 0 Å². The van der Waals surface area contributed by atoms with Crippen LogP contribution < -0.4 is 16.0 Å². The topological polar surface area (TPSA) is 70.2 Å². The zero-order valence-corrected chi connectivity index (χ0v) is 11.0. The molecule has 0 aliphatic carbocycles. The molecule has 0 bridgehead atoms. The molecule has 1 aromatic carbocycles. The average Bonchev–Trinajstić information content (AvgIpc) is 2.27. The second kappa shape index (κ2) is 6.90. The molecule has 0 radical (unpaired) electrons. The molecule has 6 heteroatoms. The minimum atomic E-state index is -0.294. The zero-order valence-electron chi connectivity index (χ0n) is 9.42. The van der Waals surface area contributed by atoms with Crippen molar-refractivity contribution in [2.75, 3.05) is 18.4 Å². The van der Waals surface area contributed by atoms with E-state index in [1.54, 1.807) is 12.1 Å². The normalized spacial score (nSPS) is 9.53. The van der Waals surface area contributed by atoms with E-state index < -0.39 is 0 Å². The van der Waals surface area contributed by atoms with Crippen LogP contribution in [0.1, 0.15) is 6.92 Å². The highest BCUT2D eigenvalue weighted by Crippen LogP contribution is 2.13. The maximum atomic E-state index is 11.4. The van der Waals surface area contributed by atoms with Gasteiger partial charge in [0.1, 0.15) is 0 Å². The van der Waals surface area contributed by atoms with E-state index >= 15 is 0 Å². The first kappa shape index (κ1) is 13.5. The Labute approximate surface area is 108 Å². The van der Waals surface area contributed by atoms with Crippen LogP contribution in [0.5, 0.6) is 0 Å². The number of urea groups is 1. The average molecular weight is 300 g/mol. The number of carbonyl (C=O) groups excluding carboxylic acids is 2. The van der Waals surface area contributed by atoms with E-state index in [1.807, 2.05) is 12.1 Å². The molecule has 3 N–H and O–H groups in total. The Hall–Kier alpha value is -1.56. The Balaban J connectivity index is 2.25. The van der Waals surface area contributed by atoms with E-state index in [0.717, 1.165) is 4.47 Å². The van der Waals surface area contributed by atoms with Gasteiger partial charge in [-0.1, -0.05) is 15.9 Å². The number of halogens is 1. The van der Waals surface area contributed by atoms with Crippen LogP contribution in [0.2, 0.25) is 0 Å². The zero-order chi connectivity index (χ0) is 12.7. The lowest BCUT2D eigenvalue weighted by Crippen LogP contribution is -2.36. The molecule has 0 aromatic heterocycles. The van der Waals surface area contributed by atoms with E-state index in [1.165, 1.54) is 6.92 Å². The van der Waals surface area contributed by atoms with Crippen LogP contribution in [0.4, 0.5) is 10.5 Å². The third-order valence-corrected chi connectivity index (χ3v) is 2.42.